The molecule has 0 bridgehead atoms. The molecule has 0 saturated heterocycles. The van der Waals surface area contributed by atoms with E-state index in [9.17, 15) is 14.7 Å². The topological polar surface area (TPSA) is 75.6 Å². The first kappa shape index (κ1) is 17.0. The minimum atomic E-state index is -1.08. The molecule has 1 amide bonds. The Morgan fingerprint density at radius 3 is 2.38 bits per heavy atom. The second-order valence-corrected chi connectivity index (χ2v) is 6.17. The Bertz CT molecular complexity index is 532. The highest BCUT2D eigenvalue weighted by atomic mass is 16.6. The molecular weight excluding hydrogens is 270 g/mol. The maximum Gasteiger partial charge on any atom is 0.408 e. The number of carbonyl (C=O) groups is 2. The Labute approximate surface area is 125 Å². The molecule has 1 atom stereocenters. The van der Waals surface area contributed by atoms with Gasteiger partial charge in [0.25, 0.3) is 0 Å². The lowest BCUT2D eigenvalue weighted by Crippen LogP contribution is -2.44. The SMILES string of the molecule is Cc1ccc(CC(NC(=O)OC(C)(C)C)C(=O)O)c(C)c1. The predicted molar refractivity (Wildman–Crippen MR) is 80.4 cm³/mol. The standard InChI is InChI=1S/C16H23NO4/c1-10-6-7-12(11(2)8-10)9-13(14(18)19)17-15(20)21-16(3,4)5/h6-8,13H,9H2,1-5H3,(H,17,20)(H,18,19). The van der Waals surface area contributed by atoms with Gasteiger partial charge in [-0.3, -0.25) is 0 Å². The van der Waals surface area contributed by atoms with Crippen molar-refractivity contribution in [2.24, 2.45) is 0 Å². The number of carboxylic acid groups (broad SMARTS) is 1. The van der Waals surface area contributed by atoms with E-state index in [0.717, 1.165) is 16.7 Å². The molecule has 2 N–H and O–H groups in total. The van der Waals surface area contributed by atoms with Crippen molar-refractivity contribution in [1.29, 1.82) is 0 Å². The second-order valence-electron chi connectivity index (χ2n) is 6.17. The van der Waals surface area contributed by atoms with Crippen molar-refractivity contribution in [3.63, 3.8) is 0 Å². The minimum absolute atomic E-state index is 0.223. The molecule has 1 rings (SSSR count). The Kier molecular flexibility index (Phi) is 5.35. The highest BCUT2D eigenvalue weighted by Gasteiger charge is 2.24. The Morgan fingerprint density at radius 2 is 1.90 bits per heavy atom. The van der Waals surface area contributed by atoms with E-state index in [1.54, 1.807) is 20.8 Å². The van der Waals surface area contributed by atoms with Gasteiger partial charge in [-0.15, -0.1) is 0 Å². The van der Waals surface area contributed by atoms with Crippen molar-refractivity contribution < 1.29 is 19.4 Å². The molecule has 0 aliphatic rings. The molecule has 21 heavy (non-hydrogen) atoms. The predicted octanol–water partition coefficient (Wildman–Crippen LogP) is 2.82. The van der Waals surface area contributed by atoms with Crippen LogP contribution in [0.3, 0.4) is 0 Å². The number of alkyl carbamates (subject to hydrolysis) is 1. The van der Waals surface area contributed by atoms with Crippen LogP contribution in [0.1, 0.15) is 37.5 Å². The number of hydrogen-bond acceptors (Lipinski definition) is 3. The van der Waals surface area contributed by atoms with Crippen LogP contribution in [0, 0.1) is 13.8 Å². The maximum absolute atomic E-state index is 11.7. The van der Waals surface area contributed by atoms with Gasteiger partial charge in [0.2, 0.25) is 0 Å². The highest BCUT2D eigenvalue weighted by molar-refractivity contribution is 5.80. The van der Waals surface area contributed by atoms with Crippen LogP contribution in [0.25, 0.3) is 0 Å². The van der Waals surface area contributed by atoms with Crippen LogP contribution in [-0.2, 0) is 16.0 Å². The molecule has 0 aromatic heterocycles. The highest BCUT2D eigenvalue weighted by Crippen LogP contribution is 2.13. The van der Waals surface area contributed by atoms with Crippen molar-refractivity contribution in [3.05, 3.63) is 34.9 Å². The van der Waals surface area contributed by atoms with E-state index in [4.69, 9.17) is 4.74 Å². The lowest BCUT2D eigenvalue weighted by Gasteiger charge is -2.22. The number of carbonyl (C=O) groups excluding carboxylic acids is 1. The summed E-state index contributed by atoms with van der Waals surface area (Å²) in [6.45, 7) is 9.09. The summed E-state index contributed by atoms with van der Waals surface area (Å²) in [6, 6.07) is 4.79. The van der Waals surface area contributed by atoms with Crippen LogP contribution in [0.4, 0.5) is 4.79 Å². The zero-order valence-corrected chi connectivity index (χ0v) is 13.2. The molecule has 5 heteroatoms. The first-order valence-electron chi connectivity index (χ1n) is 6.87. The third-order valence-electron chi connectivity index (χ3n) is 2.91. The van der Waals surface area contributed by atoms with Crippen LogP contribution in [-0.4, -0.2) is 28.8 Å². The molecule has 0 aliphatic heterocycles. The molecule has 5 nitrogen and oxygen atoms in total. The number of ether oxygens (including phenoxy) is 1. The van der Waals surface area contributed by atoms with Crippen molar-refractivity contribution in [2.75, 3.05) is 0 Å². The Hall–Kier alpha value is -2.04. The van der Waals surface area contributed by atoms with Gasteiger partial charge in [0.05, 0.1) is 0 Å². The molecule has 0 radical (unpaired) electrons. The van der Waals surface area contributed by atoms with Gasteiger partial charge in [-0.25, -0.2) is 9.59 Å². The van der Waals surface area contributed by atoms with E-state index in [0.29, 0.717) is 0 Å². The molecule has 0 saturated carbocycles. The number of amides is 1. The number of hydrogen-bond donors (Lipinski definition) is 2. The van der Waals surface area contributed by atoms with E-state index in [-0.39, 0.29) is 6.42 Å². The van der Waals surface area contributed by atoms with Crippen LogP contribution >= 0.6 is 0 Å². The van der Waals surface area contributed by atoms with Gasteiger partial charge in [0.1, 0.15) is 11.6 Å². The van der Waals surface area contributed by atoms with Gasteiger partial charge in [0.15, 0.2) is 0 Å². The van der Waals surface area contributed by atoms with E-state index in [1.807, 2.05) is 32.0 Å². The zero-order chi connectivity index (χ0) is 16.2. The van der Waals surface area contributed by atoms with E-state index in [1.165, 1.54) is 0 Å². The van der Waals surface area contributed by atoms with Crippen molar-refractivity contribution >= 4 is 12.1 Å². The number of rotatable bonds is 4. The fourth-order valence-corrected chi connectivity index (χ4v) is 1.94. The number of aliphatic carboxylic acids is 1. The smallest absolute Gasteiger partial charge is 0.408 e. The van der Waals surface area contributed by atoms with E-state index in [2.05, 4.69) is 5.32 Å². The minimum Gasteiger partial charge on any atom is -0.480 e. The molecule has 0 aliphatic carbocycles. The van der Waals surface area contributed by atoms with Crippen LogP contribution in [0.2, 0.25) is 0 Å². The monoisotopic (exact) mass is 293 g/mol. The first-order chi connectivity index (χ1) is 9.58. The summed E-state index contributed by atoms with van der Waals surface area (Å²) in [5, 5.41) is 11.7. The van der Waals surface area contributed by atoms with Crippen molar-refractivity contribution in [2.45, 2.75) is 52.7 Å². The van der Waals surface area contributed by atoms with Gasteiger partial charge >= 0.3 is 12.1 Å². The summed E-state index contributed by atoms with van der Waals surface area (Å²) in [7, 11) is 0. The first-order valence-corrected chi connectivity index (χ1v) is 6.87. The molecule has 116 valence electrons. The number of nitrogens with one attached hydrogen (secondary N) is 1. The van der Waals surface area contributed by atoms with Gasteiger partial charge < -0.3 is 15.2 Å². The average molecular weight is 293 g/mol. The average Bonchev–Trinajstić information content (AvgIpc) is 2.28. The van der Waals surface area contributed by atoms with Crippen LogP contribution in [0.15, 0.2) is 18.2 Å². The fraction of sp³-hybridized carbons (Fsp3) is 0.500. The van der Waals surface area contributed by atoms with Gasteiger partial charge in [0, 0.05) is 6.42 Å². The molecule has 0 heterocycles. The number of aryl methyl sites for hydroxylation is 2. The molecule has 1 aromatic rings. The summed E-state index contributed by atoms with van der Waals surface area (Å²) < 4.78 is 5.09. The van der Waals surface area contributed by atoms with Gasteiger partial charge in [-0.2, -0.15) is 0 Å². The molecule has 1 aromatic carbocycles. The Balaban J connectivity index is 2.79. The van der Waals surface area contributed by atoms with E-state index < -0.39 is 23.7 Å². The fourth-order valence-electron chi connectivity index (χ4n) is 1.94. The summed E-state index contributed by atoms with van der Waals surface area (Å²) >= 11 is 0. The quantitative estimate of drug-likeness (QED) is 0.895. The molecular formula is C16H23NO4. The number of carboxylic acids is 1. The lowest BCUT2D eigenvalue weighted by molar-refractivity contribution is -0.139. The molecule has 1 unspecified atom stereocenters. The maximum atomic E-state index is 11.7. The van der Waals surface area contributed by atoms with Gasteiger partial charge in [-0.05, 0) is 45.7 Å². The van der Waals surface area contributed by atoms with E-state index >= 15 is 0 Å². The third-order valence-corrected chi connectivity index (χ3v) is 2.91. The Morgan fingerprint density at radius 1 is 1.29 bits per heavy atom. The summed E-state index contributed by atoms with van der Waals surface area (Å²) in [5.41, 5.74) is 2.35. The van der Waals surface area contributed by atoms with Gasteiger partial charge in [-0.1, -0.05) is 23.8 Å². The third kappa shape index (κ3) is 5.85. The lowest BCUT2D eigenvalue weighted by atomic mass is 9.99. The van der Waals surface area contributed by atoms with Crippen molar-refractivity contribution in [1.82, 2.24) is 5.32 Å². The second kappa shape index (κ2) is 6.61. The van der Waals surface area contributed by atoms with Crippen molar-refractivity contribution in [3.8, 4) is 0 Å². The van der Waals surface area contributed by atoms with Crippen LogP contribution < -0.4 is 5.32 Å². The normalized spacial score (nSPS) is 12.6. The summed E-state index contributed by atoms with van der Waals surface area (Å²) in [5.74, 6) is -1.08. The molecule has 0 spiro atoms. The summed E-state index contributed by atoms with van der Waals surface area (Å²) in [4.78, 5) is 23.0. The zero-order valence-electron chi connectivity index (χ0n) is 13.2. The summed E-state index contributed by atoms with van der Waals surface area (Å²) in [6.07, 6.45) is -0.500. The molecule has 0 fully saturated rings. The van der Waals surface area contributed by atoms with Crippen LogP contribution in [0.5, 0.6) is 0 Å². The largest absolute Gasteiger partial charge is 0.480 e. The number of benzene rings is 1.